The van der Waals surface area contributed by atoms with Crippen molar-refractivity contribution in [1.82, 2.24) is 4.98 Å². The van der Waals surface area contributed by atoms with Gasteiger partial charge in [0.15, 0.2) is 0 Å². The molecule has 2 nitrogen and oxygen atoms in total. The van der Waals surface area contributed by atoms with Gasteiger partial charge in [-0.25, -0.2) is 0 Å². The third-order valence-electron chi connectivity index (χ3n) is 1.86. The lowest BCUT2D eigenvalue weighted by Crippen LogP contribution is -2.12. The van der Waals surface area contributed by atoms with Gasteiger partial charge in [0.05, 0.1) is 0 Å². The van der Waals surface area contributed by atoms with Crippen molar-refractivity contribution in [3.8, 4) is 0 Å². The van der Waals surface area contributed by atoms with Crippen LogP contribution in [-0.4, -0.2) is 16.8 Å². The summed E-state index contributed by atoms with van der Waals surface area (Å²) < 4.78 is 0. The summed E-state index contributed by atoms with van der Waals surface area (Å²) in [5, 5.41) is 0. The highest BCUT2D eigenvalue weighted by Crippen LogP contribution is 2.17. The molecule has 15 heavy (non-hydrogen) atoms. The van der Waals surface area contributed by atoms with Gasteiger partial charge < -0.3 is 5.73 Å². The predicted molar refractivity (Wildman–Crippen MR) is 67.9 cm³/mol. The minimum Gasteiger partial charge on any atom is -0.328 e. The quantitative estimate of drug-likeness (QED) is 0.778. The van der Waals surface area contributed by atoms with Gasteiger partial charge in [0.25, 0.3) is 0 Å². The van der Waals surface area contributed by atoms with Gasteiger partial charge in [-0.3, -0.25) is 4.98 Å². The summed E-state index contributed by atoms with van der Waals surface area (Å²) in [6, 6.07) is 2.38. The van der Waals surface area contributed by atoms with E-state index in [1.54, 1.807) is 0 Å². The van der Waals surface area contributed by atoms with E-state index in [0.717, 1.165) is 17.7 Å². The van der Waals surface area contributed by atoms with E-state index in [1.807, 2.05) is 31.1 Å². The Morgan fingerprint density at radius 3 is 3.00 bits per heavy atom. The second-order valence-corrected chi connectivity index (χ2v) is 4.84. The third kappa shape index (κ3) is 5.00. The summed E-state index contributed by atoms with van der Waals surface area (Å²) in [4.78, 5) is 5.42. The molecule has 0 aliphatic rings. The van der Waals surface area contributed by atoms with Crippen LogP contribution in [0.5, 0.6) is 0 Å². The van der Waals surface area contributed by atoms with Gasteiger partial charge in [-0.15, -0.1) is 11.8 Å². The molecule has 0 aromatic carbocycles. The second kappa shape index (κ2) is 6.64. The number of hydrogen-bond donors (Lipinski definition) is 1. The molecule has 0 amide bonds. The standard InChI is InChI=1S/C12H18N2S/c1-3-15-12-7-11(8-14-9-12)6-4-5-10(2)13/h4,6-10H,3,5,13H2,1-2H3. The fourth-order valence-electron chi connectivity index (χ4n) is 1.19. The molecule has 0 bridgehead atoms. The van der Waals surface area contributed by atoms with Crippen LogP contribution in [0.2, 0.25) is 0 Å². The molecule has 0 saturated carbocycles. The van der Waals surface area contributed by atoms with E-state index in [-0.39, 0.29) is 6.04 Å². The first-order valence-corrected chi connectivity index (χ1v) is 6.21. The molecule has 3 heteroatoms. The van der Waals surface area contributed by atoms with Gasteiger partial charge in [-0.2, -0.15) is 0 Å². The van der Waals surface area contributed by atoms with Crippen LogP contribution in [0, 0.1) is 0 Å². The van der Waals surface area contributed by atoms with Crippen LogP contribution in [-0.2, 0) is 0 Å². The van der Waals surface area contributed by atoms with Crippen molar-refractivity contribution in [2.75, 3.05) is 5.75 Å². The van der Waals surface area contributed by atoms with Crippen LogP contribution in [0.15, 0.2) is 29.4 Å². The van der Waals surface area contributed by atoms with Gasteiger partial charge in [0.2, 0.25) is 0 Å². The van der Waals surface area contributed by atoms with Gasteiger partial charge in [-0.05, 0) is 30.7 Å². The summed E-state index contributed by atoms with van der Waals surface area (Å²) in [6.07, 6.45) is 8.86. The number of aromatic nitrogens is 1. The Balaban J connectivity index is 2.60. The lowest BCUT2D eigenvalue weighted by atomic mass is 10.2. The number of hydrogen-bond acceptors (Lipinski definition) is 3. The molecule has 1 aromatic heterocycles. The second-order valence-electron chi connectivity index (χ2n) is 3.50. The molecule has 1 unspecified atom stereocenters. The summed E-state index contributed by atoms with van der Waals surface area (Å²) in [5.41, 5.74) is 6.81. The molecule has 0 aliphatic heterocycles. The van der Waals surface area contributed by atoms with Crippen molar-refractivity contribution >= 4 is 17.8 Å². The van der Waals surface area contributed by atoms with Crippen LogP contribution in [0.4, 0.5) is 0 Å². The van der Waals surface area contributed by atoms with Crippen LogP contribution in [0.3, 0.4) is 0 Å². The minimum absolute atomic E-state index is 0.224. The van der Waals surface area contributed by atoms with Gasteiger partial charge in [-0.1, -0.05) is 19.1 Å². The first-order chi connectivity index (χ1) is 7.22. The van der Waals surface area contributed by atoms with Crippen molar-refractivity contribution in [3.63, 3.8) is 0 Å². The van der Waals surface area contributed by atoms with E-state index in [0.29, 0.717) is 0 Å². The Kier molecular flexibility index (Phi) is 5.43. The van der Waals surface area contributed by atoms with E-state index >= 15 is 0 Å². The van der Waals surface area contributed by atoms with Crippen LogP contribution in [0.1, 0.15) is 25.8 Å². The zero-order valence-corrected chi connectivity index (χ0v) is 10.1. The Labute approximate surface area is 96.0 Å². The highest BCUT2D eigenvalue weighted by Gasteiger charge is 1.94. The molecular formula is C12H18N2S. The molecule has 0 saturated heterocycles. The SMILES string of the molecule is CCSc1cncc(C=CCC(C)N)c1. The maximum atomic E-state index is 5.66. The van der Waals surface area contributed by atoms with E-state index in [2.05, 4.69) is 30.1 Å². The van der Waals surface area contributed by atoms with Crippen LogP contribution < -0.4 is 5.73 Å². The molecule has 1 rings (SSSR count). The molecule has 0 aliphatic carbocycles. The number of nitrogens with two attached hydrogens (primary N) is 1. The van der Waals surface area contributed by atoms with Crippen molar-refractivity contribution in [1.29, 1.82) is 0 Å². The highest BCUT2D eigenvalue weighted by atomic mass is 32.2. The fraction of sp³-hybridized carbons (Fsp3) is 0.417. The van der Waals surface area contributed by atoms with Gasteiger partial charge in [0.1, 0.15) is 0 Å². The van der Waals surface area contributed by atoms with Crippen molar-refractivity contribution in [2.45, 2.75) is 31.2 Å². The summed E-state index contributed by atoms with van der Waals surface area (Å²) in [5.74, 6) is 1.08. The average Bonchev–Trinajstić information content (AvgIpc) is 2.18. The Morgan fingerprint density at radius 2 is 2.33 bits per heavy atom. The maximum Gasteiger partial charge on any atom is 0.0404 e. The van der Waals surface area contributed by atoms with Crippen molar-refractivity contribution in [2.24, 2.45) is 5.73 Å². The van der Waals surface area contributed by atoms with E-state index < -0.39 is 0 Å². The van der Waals surface area contributed by atoms with Crippen LogP contribution in [0.25, 0.3) is 6.08 Å². The Hall–Kier alpha value is -0.800. The average molecular weight is 222 g/mol. The van der Waals surface area contributed by atoms with E-state index in [9.17, 15) is 0 Å². The number of thioether (sulfide) groups is 1. The van der Waals surface area contributed by atoms with Crippen molar-refractivity contribution in [3.05, 3.63) is 30.1 Å². The number of pyridine rings is 1. The molecule has 1 heterocycles. The molecule has 1 aromatic rings. The van der Waals surface area contributed by atoms with Gasteiger partial charge >= 0.3 is 0 Å². The fourth-order valence-corrected chi connectivity index (χ4v) is 1.88. The molecular weight excluding hydrogens is 204 g/mol. The maximum absolute atomic E-state index is 5.66. The molecule has 1 atom stereocenters. The summed E-state index contributed by atoms with van der Waals surface area (Å²) >= 11 is 1.81. The molecule has 0 radical (unpaired) electrons. The lowest BCUT2D eigenvalue weighted by molar-refractivity contribution is 0.759. The predicted octanol–water partition coefficient (Wildman–Crippen LogP) is 2.94. The smallest absolute Gasteiger partial charge is 0.0404 e. The lowest BCUT2D eigenvalue weighted by Gasteiger charge is -2.00. The first kappa shape index (κ1) is 12.3. The Morgan fingerprint density at radius 1 is 1.53 bits per heavy atom. The minimum atomic E-state index is 0.224. The highest BCUT2D eigenvalue weighted by molar-refractivity contribution is 7.99. The Bertz CT molecular complexity index is 321. The van der Waals surface area contributed by atoms with Gasteiger partial charge in [0, 0.05) is 23.3 Å². The van der Waals surface area contributed by atoms with E-state index in [4.69, 9.17) is 5.73 Å². The van der Waals surface area contributed by atoms with Crippen LogP contribution >= 0.6 is 11.8 Å². The molecule has 0 spiro atoms. The zero-order valence-electron chi connectivity index (χ0n) is 9.31. The summed E-state index contributed by atoms with van der Waals surface area (Å²) in [7, 11) is 0. The third-order valence-corrected chi connectivity index (χ3v) is 2.71. The zero-order chi connectivity index (χ0) is 11.1. The topological polar surface area (TPSA) is 38.9 Å². The molecule has 0 fully saturated rings. The first-order valence-electron chi connectivity index (χ1n) is 5.22. The monoisotopic (exact) mass is 222 g/mol. The number of nitrogens with zero attached hydrogens (tertiary/aromatic N) is 1. The molecule has 82 valence electrons. The van der Waals surface area contributed by atoms with Crippen molar-refractivity contribution < 1.29 is 0 Å². The largest absolute Gasteiger partial charge is 0.328 e. The number of rotatable bonds is 5. The van der Waals surface area contributed by atoms with E-state index in [1.165, 1.54) is 4.90 Å². The normalized spacial score (nSPS) is 13.3. The molecule has 2 N–H and O–H groups in total. The summed E-state index contributed by atoms with van der Waals surface area (Å²) in [6.45, 7) is 4.15.